The van der Waals surface area contributed by atoms with Crippen LogP contribution in [-0.2, 0) is 17.8 Å². The molecule has 1 aromatic carbocycles. The predicted octanol–water partition coefficient (Wildman–Crippen LogP) is 4.50. The Hall–Kier alpha value is -3.13. The molecule has 0 radical (unpaired) electrons. The fourth-order valence-electron chi connectivity index (χ4n) is 5.18. The van der Waals surface area contributed by atoms with Crippen LogP contribution in [0.3, 0.4) is 0 Å². The molecule has 2 aliphatic rings. The molecule has 3 amide bonds. The van der Waals surface area contributed by atoms with Gasteiger partial charge in [0.05, 0.1) is 6.42 Å². The van der Waals surface area contributed by atoms with E-state index < -0.39 is 0 Å². The summed E-state index contributed by atoms with van der Waals surface area (Å²) in [5.41, 5.74) is 2.62. The van der Waals surface area contributed by atoms with Crippen LogP contribution in [0, 0.1) is 5.92 Å². The standard InChI is InChI=1S/C29H41N5O3/c1-20(2)34-19-21(3)27(18-31-17-22-11-13-30-14-12-22)37-26-10-9-25(15-23(26)16-28(34)35)33-29(36)32-24-7-5-4-6-8-24/h9-15,20-21,24,27,31H,4-8,16-19H2,1-3H3,(H2,32,33,36)/t21-,27+/m1/s1. The zero-order chi connectivity index (χ0) is 26.2. The third-order valence-corrected chi connectivity index (χ3v) is 7.37. The van der Waals surface area contributed by atoms with E-state index in [1.54, 1.807) is 12.4 Å². The summed E-state index contributed by atoms with van der Waals surface area (Å²) in [6, 6.07) is 9.72. The molecule has 200 valence electrons. The molecular formula is C29H41N5O3. The summed E-state index contributed by atoms with van der Waals surface area (Å²) < 4.78 is 6.54. The van der Waals surface area contributed by atoms with Gasteiger partial charge in [-0.05, 0) is 62.6 Å². The molecule has 2 heterocycles. The highest BCUT2D eigenvalue weighted by Crippen LogP contribution is 2.29. The summed E-state index contributed by atoms with van der Waals surface area (Å²) in [6.07, 6.45) is 9.31. The number of fused-ring (bicyclic) bond motifs is 1. The van der Waals surface area contributed by atoms with E-state index in [2.05, 4.69) is 41.7 Å². The summed E-state index contributed by atoms with van der Waals surface area (Å²) in [6.45, 7) is 8.22. The number of nitrogens with zero attached hydrogens (tertiary/aromatic N) is 2. The molecule has 0 unspecified atom stereocenters. The predicted molar refractivity (Wildman–Crippen MR) is 146 cm³/mol. The SMILES string of the molecule is CC(C)N1C[C@@H](C)[C@H](CNCc2ccncc2)Oc2ccc(NC(=O)NC3CCCCC3)cc2CC1=O. The zero-order valence-corrected chi connectivity index (χ0v) is 22.3. The van der Waals surface area contributed by atoms with Gasteiger partial charge in [-0.3, -0.25) is 9.78 Å². The molecule has 8 nitrogen and oxygen atoms in total. The van der Waals surface area contributed by atoms with Gasteiger partial charge in [-0.1, -0.05) is 26.2 Å². The van der Waals surface area contributed by atoms with E-state index in [1.807, 2.05) is 35.2 Å². The van der Waals surface area contributed by atoms with Gasteiger partial charge < -0.3 is 25.6 Å². The first kappa shape index (κ1) is 26.9. The minimum atomic E-state index is -0.197. The highest BCUT2D eigenvalue weighted by Gasteiger charge is 2.29. The Morgan fingerprint density at radius 3 is 2.62 bits per heavy atom. The molecular weight excluding hydrogens is 466 g/mol. The molecule has 4 rings (SSSR count). The first-order chi connectivity index (χ1) is 17.9. The number of anilines is 1. The minimum absolute atomic E-state index is 0.0703. The molecule has 2 aromatic rings. The second-order valence-electron chi connectivity index (χ2n) is 10.7. The number of rotatable bonds is 7. The van der Waals surface area contributed by atoms with Gasteiger partial charge in [0.25, 0.3) is 0 Å². The van der Waals surface area contributed by atoms with E-state index in [4.69, 9.17) is 4.74 Å². The Bertz CT molecular complexity index is 1040. The molecule has 37 heavy (non-hydrogen) atoms. The first-order valence-corrected chi connectivity index (χ1v) is 13.6. The fraction of sp³-hybridized carbons (Fsp3) is 0.552. The van der Waals surface area contributed by atoms with Crippen LogP contribution in [0.25, 0.3) is 0 Å². The van der Waals surface area contributed by atoms with Gasteiger partial charge in [0.1, 0.15) is 11.9 Å². The van der Waals surface area contributed by atoms with Crippen LogP contribution in [0.2, 0.25) is 0 Å². The molecule has 1 fully saturated rings. The van der Waals surface area contributed by atoms with Gasteiger partial charge in [-0.25, -0.2) is 4.79 Å². The van der Waals surface area contributed by atoms with Gasteiger partial charge in [0.2, 0.25) is 5.91 Å². The molecule has 1 aliphatic carbocycles. The van der Waals surface area contributed by atoms with Crippen molar-refractivity contribution in [3.05, 3.63) is 53.9 Å². The Balaban J connectivity index is 1.49. The number of hydrogen-bond acceptors (Lipinski definition) is 5. The van der Waals surface area contributed by atoms with Crippen LogP contribution >= 0.6 is 0 Å². The van der Waals surface area contributed by atoms with E-state index >= 15 is 0 Å². The maximum absolute atomic E-state index is 13.3. The van der Waals surface area contributed by atoms with Crippen molar-refractivity contribution in [3.63, 3.8) is 0 Å². The number of carbonyl (C=O) groups excluding carboxylic acids is 2. The molecule has 1 aliphatic heterocycles. The highest BCUT2D eigenvalue weighted by molar-refractivity contribution is 5.90. The molecule has 2 atom stereocenters. The number of ether oxygens (including phenoxy) is 1. The maximum atomic E-state index is 13.3. The van der Waals surface area contributed by atoms with Crippen LogP contribution in [0.5, 0.6) is 5.75 Å². The first-order valence-electron chi connectivity index (χ1n) is 13.6. The lowest BCUT2D eigenvalue weighted by molar-refractivity contribution is -0.133. The number of carbonyl (C=O) groups is 2. The summed E-state index contributed by atoms with van der Waals surface area (Å²) in [4.78, 5) is 32.0. The Kier molecular flexibility index (Phi) is 9.39. The van der Waals surface area contributed by atoms with Crippen LogP contribution in [0.4, 0.5) is 10.5 Å². The molecule has 1 aromatic heterocycles. The summed E-state index contributed by atoms with van der Waals surface area (Å²) in [5, 5.41) is 9.57. The Labute approximate surface area is 220 Å². The van der Waals surface area contributed by atoms with Crippen LogP contribution < -0.4 is 20.7 Å². The number of pyridine rings is 1. The fourth-order valence-corrected chi connectivity index (χ4v) is 5.18. The van der Waals surface area contributed by atoms with Crippen molar-refractivity contribution < 1.29 is 14.3 Å². The van der Waals surface area contributed by atoms with E-state index in [0.717, 1.165) is 36.8 Å². The van der Waals surface area contributed by atoms with Crippen molar-refractivity contribution in [1.82, 2.24) is 20.5 Å². The quantitative estimate of drug-likeness (QED) is 0.513. The van der Waals surface area contributed by atoms with Crippen molar-refractivity contribution in [2.75, 3.05) is 18.4 Å². The third-order valence-electron chi connectivity index (χ3n) is 7.37. The topological polar surface area (TPSA) is 95.6 Å². The third kappa shape index (κ3) is 7.68. The number of aromatic nitrogens is 1. The smallest absolute Gasteiger partial charge is 0.319 e. The maximum Gasteiger partial charge on any atom is 0.319 e. The second-order valence-corrected chi connectivity index (χ2v) is 10.7. The van der Waals surface area contributed by atoms with E-state index in [1.165, 1.54) is 6.42 Å². The van der Waals surface area contributed by atoms with Crippen molar-refractivity contribution in [1.29, 1.82) is 0 Å². The monoisotopic (exact) mass is 507 g/mol. The summed E-state index contributed by atoms with van der Waals surface area (Å²) >= 11 is 0. The number of nitrogens with one attached hydrogen (secondary N) is 3. The molecule has 1 saturated carbocycles. The largest absolute Gasteiger partial charge is 0.488 e. The van der Waals surface area contributed by atoms with Crippen molar-refractivity contribution in [2.24, 2.45) is 5.92 Å². The van der Waals surface area contributed by atoms with Gasteiger partial charge in [0.15, 0.2) is 0 Å². The molecule has 0 spiro atoms. The lowest BCUT2D eigenvalue weighted by Gasteiger charge is -2.32. The Morgan fingerprint density at radius 2 is 1.89 bits per heavy atom. The summed E-state index contributed by atoms with van der Waals surface area (Å²) in [5.74, 6) is 0.891. The van der Waals surface area contributed by atoms with E-state index in [0.29, 0.717) is 31.1 Å². The van der Waals surface area contributed by atoms with Crippen molar-refractivity contribution >= 4 is 17.6 Å². The molecule has 8 heteroatoms. The van der Waals surface area contributed by atoms with E-state index in [9.17, 15) is 9.59 Å². The van der Waals surface area contributed by atoms with Crippen LogP contribution in [-0.4, -0.2) is 53.1 Å². The Morgan fingerprint density at radius 1 is 1.14 bits per heavy atom. The zero-order valence-electron chi connectivity index (χ0n) is 22.3. The number of urea groups is 1. The van der Waals surface area contributed by atoms with Gasteiger partial charge in [0, 0.05) is 61.3 Å². The normalized spacial score (nSPS) is 20.9. The van der Waals surface area contributed by atoms with Gasteiger partial charge >= 0.3 is 6.03 Å². The highest BCUT2D eigenvalue weighted by atomic mass is 16.5. The minimum Gasteiger partial charge on any atom is -0.488 e. The van der Waals surface area contributed by atoms with Crippen LogP contribution in [0.1, 0.15) is 64.0 Å². The van der Waals surface area contributed by atoms with Crippen molar-refractivity contribution in [3.8, 4) is 5.75 Å². The lowest BCUT2D eigenvalue weighted by atomic mass is 9.96. The number of amides is 3. The average Bonchev–Trinajstić information content (AvgIpc) is 2.93. The molecule has 0 bridgehead atoms. The van der Waals surface area contributed by atoms with Gasteiger partial charge in [-0.15, -0.1) is 0 Å². The number of benzene rings is 1. The van der Waals surface area contributed by atoms with Gasteiger partial charge in [-0.2, -0.15) is 0 Å². The van der Waals surface area contributed by atoms with Crippen LogP contribution in [0.15, 0.2) is 42.7 Å². The van der Waals surface area contributed by atoms with E-state index in [-0.39, 0.29) is 42.5 Å². The summed E-state index contributed by atoms with van der Waals surface area (Å²) in [7, 11) is 0. The molecule has 3 N–H and O–H groups in total. The average molecular weight is 508 g/mol. The van der Waals surface area contributed by atoms with Crippen molar-refractivity contribution in [2.45, 2.75) is 84.0 Å². The lowest BCUT2D eigenvalue weighted by Crippen LogP contribution is -2.45. The molecule has 0 saturated heterocycles. The number of hydrogen-bond donors (Lipinski definition) is 3. The second kappa shape index (κ2) is 12.9.